The number of nitrogens with zero attached hydrogens (tertiary/aromatic N) is 2. The van der Waals surface area contributed by atoms with Gasteiger partial charge < -0.3 is 5.73 Å². The fraction of sp³-hybridized carbons (Fsp3) is 0.333. The monoisotopic (exact) mass is 201 g/mol. The minimum atomic E-state index is 0.447. The number of nitrogens with two attached hydrogens (primary N) is 1. The molecule has 0 aliphatic rings. The first-order valence-electron chi connectivity index (χ1n) is 2.87. The summed E-state index contributed by atoms with van der Waals surface area (Å²) < 4.78 is 0.621. The summed E-state index contributed by atoms with van der Waals surface area (Å²) in [6.45, 7) is 3.78. The van der Waals surface area contributed by atoms with Crippen molar-refractivity contribution in [2.24, 2.45) is 0 Å². The van der Waals surface area contributed by atoms with Gasteiger partial charge in [0.1, 0.15) is 4.60 Å². The van der Waals surface area contributed by atoms with E-state index in [4.69, 9.17) is 5.73 Å². The topological polar surface area (TPSA) is 51.8 Å². The van der Waals surface area contributed by atoms with E-state index in [-0.39, 0.29) is 0 Å². The van der Waals surface area contributed by atoms with Crippen molar-refractivity contribution in [2.45, 2.75) is 13.8 Å². The average Bonchev–Trinajstić information content (AvgIpc) is 1.84. The smallest absolute Gasteiger partial charge is 0.156 e. The number of rotatable bonds is 0. The molecule has 0 atom stereocenters. The molecule has 0 bridgehead atoms. The Hall–Kier alpha value is -0.640. The van der Waals surface area contributed by atoms with Crippen LogP contribution in [0.25, 0.3) is 0 Å². The van der Waals surface area contributed by atoms with Crippen molar-refractivity contribution in [1.82, 2.24) is 9.97 Å². The molecule has 0 saturated heterocycles. The fourth-order valence-corrected chi connectivity index (χ4v) is 0.948. The van der Waals surface area contributed by atoms with Gasteiger partial charge in [-0.2, -0.15) is 0 Å². The second kappa shape index (κ2) is 2.54. The first-order valence-corrected chi connectivity index (χ1v) is 3.67. The van der Waals surface area contributed by atoms with Crippen LogP contribution in [0.15, 0.2) is 4.60 Å². The van der Waals surface area contributed by atoms with E-state index in [0.717, 1.165) is 11.4 Å². The largest absolute Gasteiger partial charge is 0.381 e. The summed E-state index contributed by atoms with van der Waals surface area (Å²) in [5.41, 5.74) is 7.25. The van der Waals surface area contributed by atoms with Crippen LogP contribution < -0.4 is 5.73 Å². The Morgan fingerprint density at radius 3 is 2.20 bits per heavy atom. The maximum Gasteiger partial charge on any atom is 0.156 e. The van der Waals surface area contributed by atoms with Crippen LogP contribution in [0.3, 0.4) is 0 Å². The first-order chi connectivity index (χ1) is 4.61. The molecule has 1 aromatic heterocycles. The molecule has 10 heavy (non-hydrogen) atoms. The molecule has 1 aromatic rings. The Bertz CT molecular complexity index is 209. The minimum Gasteiger partial charge on any atom is -0.381 e. The minimum absolute atomic E-state index is 0.447. The molecule has 3 nitrogen and oxygen atoms in total. The maximum atomic E-state index is 5.47. The molecular weight excluding hydrogens is 194 g/mol. The van der Waals surface area contributed by atoms with Gasteiger partial charge in [-0.1, -0.05) is 0 Å². The zero-order valence-electron chi connectivity index (χ0n) is 5.85. The molecule has 0 aromatic carbocycles. The van der Waals surface area contributed by atoms with Crippen molar-refractivity contribution < 1.29 is 0 Å². The molecule has 0 saturated carbocycles. The van der Waals surface area contributed by atoms with Gasteiger partial charge in [-0.05, 0) is 29.8 Å². The van der Waals surface area contributed by atoms with Crippen molar-refractivity contribution in [3.8, 4) is 0 Å². The van der Waals surface area contributed by atoms with Crippen LogP contribution in [-0.4, -0.2) is 9.97 Å². The van der Waals surface area contributed by atoms with E-state index in [1.165, 1.54) is 0 Å². The van der Waals surface area contributed by atoms with Gasteiger partial charge in [-0.3, -0.25) is 0 Å². The van der Waals surface area contributed by atoms with Gasteiger partial charge in [0.2, 0.25) is 0 Å². The molecule has 4 heteroatoms. The summed E-state index contributed by atoms with van der Waals surface area (Å²) in [5, 5.41) is 0. The van der Waals surface area contributed by atoms with Crippen LogP contribution in [0.2, 0.25) is 0 Å². The second-order valence-electron chi connectivity index (χ2n) is 2.07. The highest BCUT2D eigenvalue weighted by molar-refractivity contribution is 9.10. The summed E-state index contributed by atoms with van der Waals surface area (Å²) in [6.07, 6.45) is 0. The van der Waals surface area contributed by atoms with Crippen LogP contribution in [0.5, 0.6) is 0 Å². The number of hydrogen-bond donors (Lipinski definition) is 1. The highest BCUT2D eigenvalue weighted by Crippen LogP contribution is 2.14. The number of anilines is 1. The third-order valence-corrected chi connectivity index (χ3v) is 1.87. The van der Waals surface area contributed by atoms with Crippen molar-refractivity contribution >= 4 is 21.7 Å². The average molecular weight is 202 g/mol. The fourth-order valence-electron chi connectivity index (χ4n) is 0.593. The van der Waals surface area contributed by atoms with E-state index in [9.17, 15) is 0 Å². The summed E-state index contributed by atoms with van der Waals surface area (Å²) in [7, 11) is 0. The predicted octanol–water partition coefficient (Wildman–Crippen LogP) is 1.44. The van der Waals surface area contributed by atoms with Gasteiger partial charge in [0, 0.05) is 0 Å². The maximum absolute atomic E-state index is 5.47. The SMILES string of the molecule is Cc1nc(N)c(Br)nc1C. The van der Waals surface area contributed by atoms with Gasteiger partial charge in [0.25, 0.3) is 0 Å². The molecule has 0 aliphatic carbocycles. The Morgan fingerprint density at radius 2 is 1.70 bits per heavy atom. The van der Waals surface area contributed by atoms with Crippen molar-refractivity contribution in [2.75, 3.05) is 5.73 Å². The van der Waals surface area contributed by atoms with Gasteiger partial charge in [-0.15, -0.1) is 0 Å². The predicted molar refractivity (Wildman–Crippen MR) is 43.6 cm³/mol. The van der Waals surface area contributed by atoms with Crippen LogP contribution in [0.1, 0.15) is 11.4 Å². The van der Waals surface area contributed by atoms with Crippen molar-refractivity contribution in [3.05, 3.63) is 16.0 Å². The number of nitrogen functional groups attached to an aromatic ring is 1. The molecule has 2 N–H and O–H groups in total. The third kappa shape index (κ3) is 1.26. The quantitative estimate of drug-likeness (QED) is 0.692. The molecule has 0 aliphatic heterocycles. The summed E-state index contributed by atoms with van der Waals surface area (Å²) in [4.78, 5) is 8.14. The molecule has 0 unspecified atom stereocenters. The van der Waals surface area contributed by atoms with E-state index in [0.29, 0.717) is 10.4 Å². The number of aryl methyl sites for hydroxylation is 2. The molecule has 54 valence electrons. The highest BCUT2D eigenvalue weighted by atomic mass is 79.9. The molecule has 0 fully saturated rings. The summed E-state index contributed by atoms with van der Waals surface area (Å²) in [5.74, 6) is 0.447. The number of halogens is 1. The lowest BCUT2D eigenvalue weighted by Crippen LogP contribution is -1.99. The standard InChI is InChI=1S/C6H8BrN3/c1-3-4(2)10-6(8)5(7)9-3/h1-2H3,(H2,8,10). The van der Waals surface area contributed by atoms with Gasteiger partial charge >= 0.3 is 0 Å². The van der Waals surface area contributed by atoms with E-state index in [1.54, 1.807) is 0 Å². The molecule has 0 spiro atoms. The molecule has 1 rings (SSSR count). The van der Waals surface area contributed by atoms with E-state index in [1.807, 2.05) is 13.8 Å². The molecule has 0 amide bonds. The zero-order valence-corrected chi connectivity index (χ0v) is 7.44. The Morgan fingerprint density at radius 1 is 1.20 bits per heavy atom. The summed E-state index contributed by atoms with van der Waals surface area (Å²) in [6, 6.07) is 0. The van der Waals surface area contributed by atoms with Crippen LogP contribution in [0.4, 0.5) is 5.82 Å². The van der Waals surface area contributed by atoms with Crippen LogP contribution in [0, 0.1) is 13.8 Å². The molecular formula is C6H8BrN3. The van der Waals surface area contributed by atoms with Crippen molar-refractivity contribution in [3.63, 3.8) is 0 Å². The van der Waals surface area contributed by atoms with E-state index >= 15 is 0 Å². The van der Waals surface area contributed by atoms with Gasteiger partial charge in [-0.25, -0.2) is 9.97 Å². The van der Waals surface area contributed by atoms with Crippen molar-refractivity contribution in [1.29, 1.82) is 0 Å². The Balaban J connectivity index is 3.28. The van der Waals surface area contributed by atoms with E-state index < -0.39 is 0 Å². The van der Waals surface area contributed by atoms with Crippen LogP contribution in [-0.2, 0) is 0 Å². The highest BCUT2D eigenvalue weighted by Gasteiger charge is 2.00. The zero-order chi connectivity index (χ0) is 7.72. The first kappa shape index (κ1) is 7.47. The Kier molecular flexibility index (Phi) is 1.89. The third-order valence-electron chi connectivity index (χ3n) is 1.29. The lowest BCUT2D eigenvalue weighted by molar-refractivity contribution is 1.03. The van der Waals surface area contributed by atoms with Gasteiger partial charge in [0.05, 0.1) is 11.4 Å². The second-order valence-corrected chi connectivity index (χ2v) is 2.82. The number of hydrogen-bond acceptors (Lipinski definition) is 3. The number of aromatic nitrogens is 2. The lowest BCUT2D eigenvalue weighted by atomic mass is 10.3. The van der Waals surface area contributed by atoms with Gasteiger partial charge in [0.15, 0.2) is 5.82 Å². The Labute approximate surface area is 67.8 Å². The summed E-state index contributed by atoms with van der Waals surface area (Å²) >= 11 is 3.18. The lowest BCUT2D eigenvalue weighted by Gasteiger charge is -2.00. The molecule has 0 radical (unpaired) electrons. The van der Waals surface area contributed by atoms with E-state index in [2.05, 4.69) is 25.9 Å². The normalized spacial score (nSPS) is 9.90. The van der Waals surface area contributed by atoms with Crippen LogP contribution >= 0.6 is 15.9 Å². The molecule has 1 heterocycles.